The number of benzene rings is 2. The van der Waals surface area contributed by atoms with E-state index in [9.17, 15) is 4.79 Å². The second-order valence-corrected chi connectivity index (χ2v) is 6.72. The number of halogens is 1. The van der Waals surface area contributed by atoms with Crippen molar-refractivity contribution >= 4 is 23.2 Å². The highest BCUT2D eigenvalue weighted by Gasteiger charge is 2.19. The first-order valence-electron chi connectivity index (χ1n) is 8.42. The van der Waals surface area contributed by atoms with Crippen LogP contribution in [0.15, 0.2) is 55.1 Å². The molecule has 7 heteroatoms. The standard InChI is InChI=1S/C19H18ClN5O/c20-16-5-6-18(25-13-21-12-22-25)17(9-16)23-19(26)11-24-8-7-14-3-1-2-4-15(14)10-24/h1-6,9,12-13H,7-8,10-11H2,(H,23,26). The molecule has 0 fully saturated rings. The first kappa shape index (κ1) is 16.8. The molecular weight excluding hydrogens is 350 g/mol. The van der Waals surface area contributed by atoms with Crippen LogP contribution in [0.3, 0.4) is 0 Å². The van der Waals surface area contributed by atoms with Gasteiger partial charge in [-0.2, -0.15) is 5.10 Å². The Balaban J connectivity index is 1.47. The molecular formula is C19H18ClN5O. The lowest BCUT2D eigenvalue weighted by molar-refractivity contribution is -0.117. The molecule has 1 aliphatic heterocycles. The number of hydrogen-bond acceptors (Lipinski definition) is 4. The molecule has 1 aromatic heterocycles. The predicted molar refractivity (Wildman–Crippen MR) is 100 cm³/mol. The Labute approximate surface area is 156 Å². The Hall–Kier alpha value is -2.70. The van der Waals surface area contributed by atoms with Crippen molar-refractivity contribution in [2.75, 3.05) is 18.4 Å². The molecule has 0 saturated carbocycles. The molecule has 3 aromatic rings. The van der Waals surface area contributed by atoms with E-state index in [2.05, 4.69) is 38.5 Å². The topological polar surface area (TPSA) is 63.1 Å². The molecule has 0 saturated heterocycles. The minimum Gasteiger partial charge on any atom is -0.323 e. The van der Waals surface area contributed by atoms with E-state index in [1.807, 2.05) is 12.1 Å². The maximum Gasteiger partial charge on any atom is 0.238 e. The van der Waals surface area contributed by atoms with Gasteiger partial charge < -0.3 is 5.32 Å². The number of aromatic nitrogens is 3. The van der Waals surface area contributed by atoms with Crippen LogP contribution in [0.2, 0.25) is 5.02 Å². The highest BCUT2D eigenvalue weighted by Crippen LogP contribution is 2.24. The molecule has 0 spiro atoms. The first-order valence-corrected chi connectivity index (χ1v) is 8.80. The lowest BCUT2D eigenvalue weighted by atomic mass is 10.00. The van der Waals surface area contributed by atoms with E-state index in [-0.39, 0.29) is 5.91 Å². The Morgan fingerprint density at radius 2 is 2.04 bits per heavy atom. The third-order valence-corrected chi connectivity index (χ3v) is 4.71. The number of fused-ring (bicyclic) bond motifs is 1. The summed E-state index contributed by atoms with van der Waals surface area (Å²) in [6.07, 6.45) is 4.00. The fourth-order valence-electron chi connectivity index (χ4n) is 3.22. The SMILES string of the molecule is O=C(CN1CCc2ccccc2C1)Nc1cc(Cl)ccc1-n1cncn1. The second-order valence-electron chi connectivity index (χ2n) is 6.28. The maximum absolute atomic E-state index is 12.6. The molecule has 4 rings (SSSR count). The summed E-state index contributed by atoms with van der Waals surface area (Å²) in [6.45, 7) is 1.99. The summed E-state index contributed by atoms with van der Waals surface area (Å²) in [4.78, 5) is 18.7. The van der Waals surface area contributed by atoms with Gasteiger partial charge in [-0.3, -0.25) is 9.69 Å². The molecule has 1 N–H and O–H groups in total. The molecule has 132 valence electrons. The third kappa shape index (κ3) is 3.61. The highest BCUT2D eigenvalue weighted by molar-refractivity contribution is 6.31. The van der Waals surface area contributed by atoms with Gasteiger partial charge in [0.15, 0.2) is 0 Å². The first-order chi connectivity index (χ1) is 12.7. The smallest absolute Gasteiger partial charge is 0.238 e. The summed E-state index contributed by atoms with van der Waals surface area (Å²) >= 11 is 6.10. The Morgan fingerprint density at radius 3 is 2.85 bits per heavy atom. The zero-order valence-corrected chi connectivity index (χ0v) is 14.9. The van der Waals surface area contributed by atoms with Gasteiger partial charge in [-0.1, -0.05) is 35.9 Å². The van der Waals surface area contributed by atoms with E-state index < -0.39 is 0 Å². The van der Waals surface area contributed by atoms with Crippen LogP contribution in [-0.4, -0.2) is 38.7 Å². The Bertz CT molecular complexity index is 925. The summed E-state index contributed by atoms with van der Waals surface area (Å²) in [6, 6.07) is 13.7. The summed E-state index contributed by atoms with van der Waals surface area (Å²) in [7, 11) is 0. The number of nitrogens with one attached hydrogen (secondary N) is 1. The van der Waals surface area contributed by atoms with Crippen LogP contribution in [0, 0.1) is 0 Å². The molecule has 0 unspecified atom stereocenters. The molecule has 2 heterocycles. The van der Waals surface area contributed by atoms with Gasteiger partial charge in [0.25, 0.3) is 0 Å². The van der Waals surface area contributed by atoms with Crippen molar-refractivity contribution in [2.45, 2.75) is 13.0 Å². The number of carbonyl (C=O) groups excluding carboxylic acids is 1. The molecule has 6 nitrogen and oxygen atoms in total. The number of rotatable bonds is 4. The average molecular weight is 368 g/mol. The lowest BCUT2D eigenvalue weighted by Crippen LogP contribution is -2.37. The van der Waals surface area contributed by atoms with Crippen LogP contribution in [-0.2, 0) is 17.8 Å². The van der Waals surface area contributed by atoms with Crippen LogP contribution >= 0.6 is 11.6 Å². The van der Waals surface area contributed by atoms with Crippen molar-refractivity contribution in [3.05, 3.63) is 71.3 Å². The monoisotopic (exact) mass is 367 g/mol. The zero-order valence-electron chi connectivity index (χ0n) is 14.1. The fourth-order valence-corrected chi connectivity index (χ4v) is 3.39. The number of carbonyl (C=O) groups is 1. The van der Waals surface area contributed by atoms with Gasteiger partial charge in [-0.25, -0.2) is 9.67 Å². The molecule has 2 aromatic carbocycles. The van der Waals surface area contributed by atoms with Crippen LogP contribution in [0.5, 0.6) is 0 Å². The summed E-state index contributed by atoms with van der Waals surface area (Å²) in [5.74, 6) is -0.0759. The van der Waals surface area contributed by atoms with E-state index in [0.717, 1.165) is 25.2 Å². The van der Waals surface area contributed by atoms with Gasteiger partial charge in [0.1, 0.15) is 12.7 Å². The van der Waals surface area contributed by atoms with Crippen LogP contribution < -0.4 is 5.32 Å². The fraction of sp³-hybridized carbons (Fsp3) is 0.211. The Kier molecular flexibility index (Phi) is 4.69. The van der Waals surface area contributed by atoms with Gasteiger partial charge in [0.05, 0.1) is 17.9 Å². The second kappa shape index (κ2) is 7.27. The van der Waals surface area contributed by atoms with Crippen molar-refractivity contribution in [3.8, 4) is 5.69 Å². The molecule has 26 heavy (non-hydrogen) atoms. The molecule has 0 aliphatic carbocycles. The molecule has 0 bridgehead atoms. The van der Waals surface area contributed by atoms with Gasteiger partial charge in [0, 0.05) is 18.1 Å². The van der Waals surface area contributed by atoms with E-state index in [1.165, 1.54) is 17.5 Å². The van der Waals surface area contributed by atoms with E-state index in [1.54, 1.807) is 23.1 Å². The van der Waals surface area contributed by atoms with Crippen LogP contribution in [0.4, 0.5) is 5.69 Å². The van der Waals surface area contributed by atoms with Crippen molar-refractivity contribution < 1.29 is 4.79 Å². The van der Waals surface area contributed by atoms with Crippen molar-refractivity contribution in [3.63, 3.8) is 0 Å². The van der Waals surface area contributed by atoms with Gasteiger partial charge >= 0.3 is 0 Å². The third-order valence-electron chi connectivity index (χ3n) is 4.48. The molecule has 1 aliphatic rings. The van der Waals surface area contributed by atoms with Crippen molar-refractivity contribution in [1.82, 2.24) is 19.7 Å². The number of hydrogen-bond donors (Lipinski definition) is 1. The summed E-state index contributed by atoms with van der Waals surface area (Å²) in [5, 5.41) is 7.63. The molecule has 0 radical (unpaired) electrons. The minimum absolute atomic E-state index is 0.0759. The van der Waals surface area contributed by atoms with Crippen molar-refractivity contribution in [1.29, 1.82) is 0 Å². The van der Waals surface area contributed by atoms with Gasteiger partial charge in [0.2, 0.25) is 5.91 Å². The van der Waals surface area contributed by atoms with Gasteiger partial charge in [-0.15, -0.1) is 0 Å². The average Bonchev–Trinajstić information content (AvgIpc) is 3.16. The van der Waals surface area contributed by atoms with E-state index in [0.29, 0.717) is 17.3 Å². The minimum atomic E-state index is -0.0759. The highest BCUT2D eigenvalue weighted by atomic mass is 35.5. The molecule has 1 amide bonds. The van der Waals surface area contributed by atoms with E-state index >= 15 is 0 Å². The summed E-state index contributed by atoms with van der Waals surface area (Å²) in [5.41, 5.74) is 4.00. The van der Waals surface area contributed by atoms with Crippen LogP contribution in [0.25, 0.3) is 5.69 Å². The van der Waals surface area contributed by atoms with Gasteiger partial charge in [-0.05, 0) is 35.7 Å². The lowest BCUT2D eigenvalue weighted by Gasteiger charge is -2.28. The summed E-state index contributed by atoms with van der Waals surface area (Å²) < 4.78 is 1.60. The zero-order chi connectivity index (χ0) is 17.9. The Morgan fingerprint density at radius 1 is 1.19 bits per heavy atom. The molecule has 0 atom stereocenters. The largest absolute Gasteiger partial charge is 0.323 e. The number of anilines is 1. The van der Waals surface area contributed by atoms with E-state index in [4.69, 9.17) is 11.6 Å². The normalized spacial score (nSPS) is 14.0. The number of nitrogens with zero attached hydrogens (tertiary/aromatic N) is 4. The van der Waals surface area contributed by atoms with Crippen molar-refractivity contribution in [2.24, 2.45) is 0 Å². The maximum atomic E-state index is 12.6. The number of amides is 1. The quantitative estimate of drug-likeness (QED) is 0.770. The van der Waals surface area contributed by atoms with Crippen LogP contribution in [0.1, 0.15) is 11.1 Å². The predicted octanol–water partition coefficient (Wildman–Crippen LogP) is 2.92.